The van der Waals surface area contributed by atoms with Crippen molar-refractivity contribution in [3.05, 3.63) is 34.7 Å². The third kappa shape index (κ3) is 7.24. The predicted molar refractivity (Wildman–Crippen MR) is 99.3 cm³/mol. The van der Waals surface area contributed by atoms with Crippen molar-refractivity contribution in [3.63, 3.8) is 0 Å². The van der Waals surface area contributed by atoms with Gasteiger partial charge in [0.2, 0.25) is 0 Å². The molecule has 0 saturated carbocycles. The molecule has 21 heavy (non-hydrogen) atoms. The Hall–Kier alpha value is 1.43. The summed E-state index contributed by atoms with van der Waals surface area (Å²) in [7, 11) is -1.69. The van der Waals surface area contributed by atoms with E-state index in [1.807, 2.05) is 0 Å². The normalized spacial score (nSPS) is 11.2. The van der Waals surface area contributed by atoms with Gasteiger partial charge in [0.1, 0.15) is 0 Å². The van der Waals surface area contributed by atoms with Gasteiger partial charge in [-0.15, -0.1) is 5.54 Å². The first-order chi connectivity index (χ1) is 8.89. The van der Waals surface area contributed by atoms with Gasteiger partial charge in [-0.05, 0) is 0 Å². The van der Waals surface area contributed by atoms with E-state index < -0.39 is 41.0 Å². The van der Waals surface area contributed by atoms with E-state index in [1.165, 1.54) is 22.3 Å². The van der Waals surface area contributed by atoms with Crippen LogP contribution >= 0.6 is 11.9 Å². The van der Waals surface area contributed by atoms with Crippen molar-refractivity contribution in [2.45, 2.75) is 67.1 Å². The van der Waals surface area contributed by atoms with E-state index in [0.717, 1.165) is 0 Å². The Bertz CT molecular complexity index is 423. The van der Waals surface area contributed by atoms with E-state index >= 15 is 0 Å². The van der Waals surface area contributed by atoms with Crippen LogP contribution in [0.25, 0.3) is 4.98 Å². The summed E-state index contributed by atoms with van der Waals surface area (Å²) in [6.07, 6.45) is 0. The molecule has 1 rings (SSSR count). The predicted octanol–water partition coefficient (Wildman–Crippen LogP) is 6.05. The third-order valence-corrected chi connectivity index (χ3v) is 6.87. The summed E-state index contributed by atoms with van der Waals surface area (Å²) in [4.78, 5) is 5.13. The summed E-state index contributed by atoms with van der Waals surface area (Å²) in [5.41, 5.74) is 5.94. The molecule has 0 aliphatic rings. The van der Waals surface area contributed by atoms with Gasteiger partial charge in [-0.2, -0.15) is 21.9 Å². The molecule has 1 nitrogen and oxygen atoms in total. The van der Waals surface area contributed by atoms with E-state index in [4.69, 9.17) is 16.9 Å². The molecular weight excluding hydrogens is 537 g/mol. The fourth-order valence-electron chi connectivity index (χ4n) is 3.03. The first-order valence-corrected chi connectivity index (χ1v) is 19.8. The molecule has 1 aromatic carbocycles. The molecule has 0 radical (unpaired) electrons. The van der Waals surface area contributed by atoms with E-state index in [0.29, 0.717) is 0 Å². The van der Waals surface area contributed by atoms with Crippen LogP contribution in [0.5, 0.6) is 0 Å². The van der Waals surface area contributed by atoms with Gasteiger partial charge in [0.25, 0.3) is 0 Å². The van der Waals surface area contributed by atoms with Crippen LogP contribution in [-0.2, 0) is 0 Å². The Morgan fingerprint density at radius 1 is 1.05 bits per heavy atom. The molecule has 0 saturated heterocycles. The minimum atomic E-state index is -1.69. The van der Waals surface area contributed by atoms with Crippen molar-refractivity contribution in [2.75, 3.05) is 0 Å². The standard InChI is InChI=1S/C15H27NSi.CH3.2ClH.Th/c1-10-11(2)13(4)14(12(10)3)17(8,9)16-15(5,6)7;;;;/h1-9H3;1H3;2*1H;/q-2;-1;;;+2/p-2. The van der Waals surface area contributed by atoms with Crippen molar-refractivity contribution < 1.29 is 32.8 Å². The van der Waals surface area contributed by atoms with Crippen LogP contribution in [0.3, 0.4) is 0 Å². The number of rotatable bonds is 2. The number of hydrogen-bond donors (Lipinski definition) is 0. The van der Waals surface area contributed by atoms with Crippen LogP contribution in [0, 0.1) is 67.9 Å². The quantitative estimate of drug-likeness (QED) is 0.305. The number of halogens is 2. The van der Waals surface area contributed by atoms with Crippen LogP contribution in [0.2, 0.25) is 13.1 Å². The van der Waals surface area contributed by atoms with Crippen LogP contribution < -0.4 is 5.19 Å². The zero-order valence-corrected chi connectivity index (χ0v) is 21.8. The molecule has 0 amide bonds. The molecule has 0 heterocycles. The van der Waals surface area contributed by atoms with E-state index in [2.05, 4.69) is 61.6 Å². The first kappa shape index (κ1) is 24.7. The van der Waals surface area contributed by atoms with Crippen LogP contribution in [-0.4, -0.2) is 13.8 Å². The fourth-order valence-corrected chi connectivity index (χ4v) is 7.03. The maximum absolute atomic E-state index is 5.13. The Morgan fingerprint density at radius 2 is 1.43 bits per heavy atom. The summed E-state index contributed by atoms with van der Waals surface area (Å²) in [6, 6.07) is 0. The Balaban J connectivity index is 0. The molecular formula is C16H30Cl2NSiTh-3. The molecule has 0 aromatic heterocycles. The topological polar surface area (TPSA) is 14.1 Å². The summed E-state index contributed by atoms with van der Waals surface area (Å²) in [6.45, 7) is 20.3. The van der Waals surface area contributed by atoms with Crippen LogP contribution in [0.15, 0.2) is 0 Å². The van der Waals surface area contributed by atoms with E-state index in [9.17, 15) is 0 Å². The van der Waals surface area contributed by atoms with Crippen LogP contribution in [0.1, 0.15) is 43.0 Å². The SMILES string of the molecule is Cc1c(C)c([Si](C)(C)[N-]C(C)(C)C)[c-](C)c1C.[CH3-].[Cl][Th][Cl]. The summed E-state index contributed by atoms with van der Waals surface area (Å²) in [5, 5.41) is 1.56. The Labute approximate surface area is 158 Å². The van der Waals surface area contributed by atoms with E-state index in [-0.39, 0.29) is 13.0 Å². The van der Waals surface area contributed by atoms with Crippen molar-refractivity contribution in [1.29, 1.82) is 0 Å². The molecule has 0 bridgehead atoms. The monoisotopic (exact) mass is 566 g/mol. The van der Waals surface area contributed by atoms with Gasteiger partial charge in [-0.3, -0.25) is 0 Å². The zero-order valence-electron chi connectivity index (χ0n) is 15.2. The van der Waals surface area contributed by atoms with Gasteiger partial charge in [-0.1, -0.05) is 69.8 Å². The molecule has 0 atom stereocenters. The molecule has 124 valence electrons. The molecule has 0 aliphatic carbocycles. The number of nitrogens with zero attached hydrogens (tertiary/aromatic N) is 1. The Morgan fingerprint density at radius 3 is 1.67 bits per heavy atom. The molecule has 0 aliphatic heterocycles. The molecule has 5 heteroatoms. The molecule has 0 N–H and O–H groups in total. The van der Waals surface area contributed by atoms with Gasteiger partial charge < -0.3 is 12.4 Å². The molecule has 0 spiro atoms. The molecule has 0 fully saturated rings. The van der Waals surface area contributed by atoms with Gasteiger partial charge in [0.05, 0.1) is 0 Å². The number of hydrogen-bond acceptors (Lipinski definition) is 0. The van der Waals surface area contributed by atoms with Gasteiger partial charge in [0, 0.05) is 0 Å². The van der Waals surface area contributed by atoms with Gasteiger partial charge in [0.15, 0.2) is 0 Å². The van der Waals surface area contributed by atoms with Gasteiger partial charge >= 0.3 is 44.7 Å². The maximum atomic E-state index is 5.13. The Kier molecular flexibility index (Phi) is 11.4. The van der Waals surface area contributed by atoms with Crippen molar-refractivity contribution in [3.8, 4) is 0 Å². The summed E-state index contributed by atoms with van der Waals surface area (Å²) >= 11 is -1.06. The van der Waals surface area contributed by atoms with Crippen molar-refractivity contribution in [2.24, 2.45) is 0 Å². The minimum absolute atomic E-state index is 0. The summed E-state index contributed by atoms with van der Waals surface area (Å²) < 4.78 is 0. The zero-order chi connectivity index (χ0) is 16.3. The fraction of sp³-hybridized carbons (Fsp3) is 0.625. The average molecular weight is 567 g/mol. The third-order valence-electron chi connectivity index (χ3n) is 3.66. The second kappa shape index (κ2) is 9.66. The van der Waals surface area contributed by atoms with Gasteiger partial charge in [-0.25, -0.2) is 5.56 Å². The molecule has 0 unspecified atom stereocenters. The second-order valence-electron chi connectivity index (χ2n) is 6.79. The summed E-state index contributed by atoms with van der Waals surface area (Å²) in [5.74, 6) is 9.95. The first-order valence-electron chi connectivity index (χ1n) is 6.83. The molecule has 1 aromatic rings. The van der Waals surface area contributed by atoms with E-state index in [1.54, 1.807) is 5.19 Å². The second-order valence-corrected chi connectivity index (χ2v) is 16.5. The van der Waals surface area contributed by atoms with Crippen molar-refractivity contribution >= 4 is 25.4 Å². The van der Waals surface area contributed by atoms with Crippen molar-refractivity contribution in [1.82, 2.24) is 0 Å². The van der Waals surface area contributed by atoms with Crippen LogP contribution in [0.4, 0.5) is 0 Å². The average Bonchev–Trinajstić information content (AvgIpc) is 2.41.